The molecule has 5 aliphatic heterocycles. The predicted octanol–water partition coefficient (Wildman–Crippen LogP) is 26.6. The fraction of sp³-hybridized carbons (Fsp3) is 0.565. The Morgan fingerprint density at radius 1 is 0.486 bits per heavy atom. The van der Waals surface area contributed by atoms with Gasteiger partial charge in [-0.15, -0.1) is 11.8 Å². The van der Waals surface area contributed by atoms with E-state index >= 15 is 0 Å². The lowest BCUT2D eigenvalue weighted by molar-refractivity contribution is -0.152. The van der Waals surface area contributed by atoms with E-state index in [2.05, 4.69) is 351 Å². The summed E-state index contributed by atoms with van der Waals surface area (Å²) in [6.45, 7) is 71.0. The Morgan fingerprint density at radius 2 is 0.868 bits per heavy atom. The number of ether oxygens (including phenoxy) is 15. The van der Waals surface area contributed by atoms with Crippen molar-refractivity contribution in [3.63, 3.8) is 0 Å². The number of carbonyl (C=O) groups excluding carboxylic acids is 2. The highest BCUT2D eigenvalue weighted by atomic mass is 127. The first-order valence-electron chi connectivity index (χ1n) is 51.5. The van der Waals surface area contributed by atoms with Crippen LogP contribution in [0.4, 0.5) is 0 Å². The Hall–Kier alpha value is -6.56. The van der Waals surface area contributed by atoms with E-state index in [-0.39, 0.29) is 95.2 Å². The van der Waals surface area contributed by atoms with E-state index in [4.69, 9.17) is 88.8 Å². The number of carbonyl (C=O) groups is 2. The SMILES string of the molecule is CC1CCCO1.COCOc1cc2c(c(/C=C/C[C@@H]3OC(C)(C)O[C@@H]3C(/C=C\[C@@H](C)[C@@H](C)O[Si](c3ccccc3)(c3ccccc3)C(C)(C)C)O[Si](C)(C)C(C)(C)C)c1C(=O)OCC[Si](C)(C)C)OCO2.COCOc1cc2c(c(CSc3ccccc3)c1C(=O)OCC[Si](C)(C)C)OCO2.C[C@H](/C=C\C(O[Si](C)(C)C(C)(C)C)[C@H]1OC(C)(C)O[C@H]1CCI)[C@H](C)O[Si](c1ccccc1)(c1ccccc1)C(C)(C)C. The molecule has 7 aromatic rings. The van der Waals surface area contributed by atoms with Gasteiger partial charge < -0.3 is 88.8 Å². The minimum Gasteiger partial charge on any atom is -0.466 e. The highest BCUT2D eigenvalue weighted by Gasteiger charge is 2.55. The van der Waals surface area contributed by atoms with Gasteiger partial charge in [0.1, 0.15) is 34.8 Å². The summed E-state index contributed by atoms with van der Waals surface area (Å²) in [5.74, 6) is 1.00. The van der Waals surface area contributed by atoms with Crippen molar-refractivity contribution in [1.29, 1.82) is 0 Å². The summed E-state index contributed by atoms with van der Waals surface area (Å²) in [4.78, 5) is 28.1. The fourth-order valence-electron chi connectivity index (χ4n) is 17.4. The summed E-state index contributed by atoms with van der Waals surface area (Å²) in [6, 6.07) is 58.4. The second kappa shape index (κ2) is 52.9. The first-order valence-corrected chi connectivity index (χ1v) is 71.0. The van der Waals surface area contributed by atoms with Gasteiger partial charge in [0.15, 0.2) is 64.8 Å². The molecule has 11 atom stereocenters. The van der Waals surface area contributed by atoms with E-state index in [1.165, 1.54) is 47.8 Å². The van der Waals surface area contributed by atoms with Crippen LogP contribution in [0.15, 0.2) is 199 Å². The van der Waals surface area contributed by atoms with Crippen molar-refractivity contribution in [3.05, 3.63) is 216 Å². The molecule has 5 aliphatic rings. The molecule has 0 radical (unpaired) electrons. The number of methoxy groups -OCH3 is 2. The monoisotopic (exact) mass is 2220 g/mol. The van der Waals surface area contributed by atoms with Gasteiger partial charge in [-0.25, -0.2) is 9.59 Å². The van der Waals surface area contributed by atoms with E-state index in [1.54, 1.807) is 23.9 Å². The molecule has 796 valence electrons. The Balaban J connectivity index is 0.000000250. The number of esters is 2. The van der Waals surface area contributed by atoms with Gasteiger partial charge in [0.2, 0.25) is 13.6 Å². The summed E-state index contributed by atoms with van der Waals surface area (Å²) in [6.07, 6.45) is 15.5. The van der Waals surface area contributed by atoms with Crippen molar-refractivity contribution < 1.29 is 98.3 Å². The molecule has 5 heterocycles. The number of hydrogen-bond donors (Lipinski definition) is 0. The number of halogens is 1. The fourth-order valence-corrected chi connectivity index (χ4v) is 32.5. The molecule has 144 heavy (non-hydrogen) atoms. The van der Waals surface area contributed by atoms with Crippen molar-refractivity contribution in [3.8, 4) is 34.5 Å². The van der Waals surface area contributed by atoms with E-state index in [0.29, 0.717) is 82.7 Å². The third-order valence-electron chi connectivity index (χ3n) is 27.8. The lowest BCUT2D eigenvalue weighted by Crippen LogP contribution is -2.67. The van der Waals surface area contributed by atoms with E-state index in [9.17, 15) is 9.59 Å². The lowest BCUT2D eigenvalue weighted by Gasteiger charge is -2.45. The van der Waals surface area contributed by atoms with Crippen LogP contribution in [-0.2, 0) is 66.1 Å². The summed E-state index contributed by atoms with van der Waals surface area (Å²) in [5.41, 5.74) is 1.85. The third kappa shape index (κ3) is 33.5. The maximum absolute atomic E-state index is 13.9. The first-order chi connectivity index (χ1) is 67.4. The Morgan fingerprint density at radius 3 is 1.24 bits per heavy atom. The van der Waals surface area contributed by atoms with E-state index < -0.39 is 91.2 Å². The number of hydrogen-bond acceptors (Lipinski definition) is 22. The number of fused-ring (bicyclic) bond motifs is 2. The molecule has 3 unspecified atom stereocenters. The second-order valence-corrected chi connectivity index (χ2v) is 78.2. The van der Waals surface area contributed by atoms with Gasteiger partial charge in [-0.3, -0.25) is 0 Å². The number of benzene rings is 7. The molecular weight excluding hydrogens is 2040 g/mol. The van der Waals surface area contributed by atoms with Gasteiger partial charge in [0, 0.05) is 87.5 Å². The van der Waals surface area contributed by atoms with Crippen LogP contribution in [0.3, 0.4) is 0 Å². The van der Waals surface area contributed by atoms with Crippen LogP contribution in [0, 0.1) is 11.8 Å². The van der Waals surface area contributed by atoms with Gasteiger partial charge in [0.25, 0.3) is 16.6 Å². The molecule has 0 amide bonds. The molecule has 7 aromatic carbocycles. The van der Waals surface area contributed by atoms with Crippen molar-refractivity contribution in [2.24, 2.45) is 11.8 Å². The maximum atomic E-state index is 13.9. The molecule has 0 N–H and O–H groups in total. The average Bonchev–Trinajstić information content (AvgIpc) is 1.22. The predicted molar refractivity (Wildman–Crippen MR) is 610 cm³/mol. The first kappa shape index (κ1) is 121. The molecule has 12 rings (SSSR count). The standard InChI is InChI=1S/C52H78O10Si3.C36H57IO4Si2.C22H28O6SSi.C5H10O/c1-37(38(2)61-65(51(6,7)8,39-24-19-17-20-25-39)40-26-21-18-22-27-40)30-31-43(62-64(15,16)50(3,4)5)48-42(59-52(9,10)60-48)29-23-28-41-46(49(53)55-32-33-63(12,13)14)44(56-35-54-11)34-45-47(41)58-36-57-45;1-27(23-24-32(41-42(11,12)34(3,4)5)33-31(25-26-37)38-36(9,10)39-33)28(2)40-43(35(6,7)8,29-19-15-13-16-20-29)30-21-17-14-18-22-30;1-24-14-26-18-12-19-21(28-15-27-19)17(13-29-16-8-6-5-7-9-16)20(18)22(23)25-10-11-30(2,3)4;1-5-3-2-4-6-5/h17-28,30-31,34,37-38,42-43,48H,29,32-33,35-36H2,1-16H3;13-24,27-28,31-33H,25-26H2,1-12H3;5-9,12H,10-11,13-15H2,1-4H3;5H,2-4H2,1H3/b28-23+,31-30-;24-23-;;/t37-,38-,42+,43?,48+;27-,28+,31+,32?,33+;;/m11../s1. The van der Waals surface area contributed by atoms with Gasteiger partial charge in [0.05, 0.1) is 43.7 Å². The maximum Gasteiger partial charge on any atom is 0.342 e. The molecule has 29 heteroatoms. The summed E-state index contributed by atoms with van der Waals surface area (Å²) in [5, 5.41) is 4.89. The highest BCUT2D eigenvalue weighted by molar-refractivity contribution is 14.1. The van der Waals surface area contributed by atoms with Crippen molar-refractivity contribution in [2.75, 3.05) is 65.6 Å². The molecule has 3 fully saturated rings. The normalized spacial score (nSPS) is 19.4. The van der Waals surface area contributed by atoms with Gasteiger partial charge in [-0.2, -0.15) is 0 Å². The zero-order chi connectivity index (χ0) is 106. The third-order valence-corrected chi connectivity index (χ3v) is 52.1. The van der Waals surface area contributed by atoms with Crippen LogP contribution >= 0.6 is 34.4 Å². The number of thioether (sulfide) groups is 1. The van der Waals surface area contributed by atoms with Crippen LogP contribution < -0.4 is 49.2 Å². The molecular formula is C115H173IO21SSi6. The molecule has 0 aromatic heterocycles. The number of rotatable bonds is 42. The van der Waals surface area contributed by atoms with Crippen molar-refractivity contribution in [1.82, 2.24) is 0 Å². The van der Waals surface area contributed by atoms with E-state index in [1.807, 2.05) is 70.2 Å². The van der Waals surface area contributed by atoms with Gasteiger partial charge in [-0.1, -0.05) is 335 Å². The smallest absolute Gasteiger partial charge is 0.342 e. The Bertz CT molecular complexity index is 5140. The summed E-state index contributed by atoms with van der Waals surface area (Å²) < 4.78 is 119. The molecule has 21 nitrogen and oxygen atoms in total. The molecule has 0 spiro atoms. The lowest BCUT2D eigenvalue weighted by atomic mass is 9.99. The molecule has 0 saturated carbocycles. The zero-order valence-electron chi connectivity index (χ0n) is 92.9. The summed E-state index contributed by atoms with van der Waals surface area (Å²) >= 11 is 4.04. The average molecular weight is 2220 g/mol. The highest BCUT2D eigenvalue weighted by Crippen LogP contribution is 2.50. The summed E-state index contributed by atoms with van der Waals surface area (Å²) in [7, 11) is -9.65. The largest absolute Gasteiger partial charge is 0.466 e. The van der Waals surface area contributed by atoms with E-state index in [0.717, 1.165) is 34.4 Å². The Kier molecular flexibility index (Phi) is 44.5. The van der Waals surface area contributed by atoms with Gasteiger partial charge in [-0.05, 0) is 177 Å². The molecule has 3 saturated heterocycles. The van der Waals surface area contributed by atoms with Crippen molar-refractivity contribution in [2.45, 2.75) is 346 Å². The van der Waals surface area contributed by atoms with Crippen LogP contribution in [0.1, 0.15) is 203 Å². The molecule has 0 bridgehead atoms. The topological polar surface area (TPSA) is 210 Å². The number of alkyl halides is 1. The zero-order valence-corrected chi connectivity index (χ0v) is 102. The van der Waals surface area contributed by atoms with Crippen LogP contribution in [0.25, 0.3) is 6.08 Å². The van der Waals surface area contributed by atoms with Crippen LogP contribution in [-0.4, -0.2) is 194 Å². The van der Waals surface area contributed by atoms with Crippen molar-refractivity contribution >= 4 is 123 Å². The van der Waals surface area contributed by atoms with Crippen LogP contribution in [0.2, 0.25) is 97.7 Å². The minimum atomic E-state index is -2.80. The van der Waals surface area contributed by atoms with Crippen LogP contribution in [0.5, 0.6) is 34.5 Å². The van der Waals surface area contributed by atoms with Gasteiger partial charge >= 0.3 is 11.9 Å². The Labute approximate surface area is 888 Å². The minimum absolute atomic E-state index is 0.00703. The molecule has 0 aliphatic carbocycles. The quantitative estimate of drug-likeness (QED) is 0.00662. The second-order valence-electron chi connectivity index (χ2n) is 46.8.